The summed E-state index contributed by atoms with van der Waals surface area (Å²) in [4.78, 5) is 12.8. The number of alkyl halides is 1. The quantitative estimate of drug-likeness (QED) is 0.338. The van der Waals surface area contributed by atoms with E-state index in [1.165, 1.54) is 0 Å². The molecule has 0 aliphatic heterocycles. The van der Waals surface area contributed by atoms with E-state index < -0.39 is 0 Å². The minimum absolute atomic E-state index is 0.213. The van der Waals surface area contributed by atoms with Crippen molar-refractivity contribution in [2.24, 2.45) is 0 Å². The fourth-order valence-electron chi connectivity index (χ4n) is 1.12. The first-order chi connectivity index (χ1) is 6.69. The van der Waals surface area contributed by atoms with Crippen molar-refractivity contribution >= 4 is 56.1 Å². The molecule has 0 unspecified atom stereocenters. The highest BCUT2D eigenvalue weighted by Gasteiger charge is 2.10. The number of thioether (sulfide) groups is 1. The molecule has 4 heteroatoms. The molecule has 0 N–H and O–H groups in total. The Morgan fingerprint density at radius 3 is 2.86 bits per heavy atom. The minimum atomic E-state index is 0.213. The molecule has 1 aromatic rings. The summed E-state index contributed by atoms with van der Waals surface area (Å²) in [5.41, 5.74) is 0.851. The lowest BCUT2D eigenvalue weighted by atomic mass is 10.1. The van der Waals surface area contributed by atoms with Gasteiger partial charge in [0.1, 0.15) is 0 Å². The number of hydrogen-bond acceptors (Lipinski definition) is 2. The van der Waals surface area contributed by atoms with Crippen molar-refractivity contribution in [2.75, 3.05) is 11.6 Å². The monoisotopic (exact) mass is 384 g/mol. The Morgan fingerprint density at radius 1 is 1.57 bits per heavy atom. The van der Waals surface area contributed by atoms with Crippen molar-refractivity contribution in [3.05, 3.63) is 27.3 Å². The highest BCUT2D eigenvalue weighted by Crippen LogP contribution is 2.23. The normalized spacial score (nSPS) is 10.2. The van der Waals surface area contributed by atoms with Gasteiger partial charge in [-0.15, -0.1) is 11.8 Å². The predicted octanol–water partition coefficient (Wildman–Crippen LogP) is 3.98. The second kappa shape index (κ2) is 6.12. The van der Waals surface area contributed by atoms with Crippen molar-refractivity contribution in [3.8, 4) is 0 Å². The van der Waals surface area contributed by atoms with Crippen LogP contribution in [0, 0.1) is 3.57 Å². The molecule has 0 saturated carbocycles. The summed E-state index contributed by atoms with van der Waals surface area (Å²) >= 11 is 7.13. The number of benzene rings is 1. The largest absolute Gasteiger partial charge is 0.294 e. The molecule has 1 aromatic carbocycles. The van der Waals surface area contributed by atoms with Gasteiger partial charge in [0, 0.05) is 25.8 Å². The number of Topliss-reactive ketones (excluding diaryl/α,β-unsaturated/α-hetero) is 1. The van der Waals surface area contributed by atoms with Gasteiger partial charge in [0.2, 0.25) is 0 Å². The van der Waals surface area contributed by atoms with Gasteiger partial charge in [-0.3, -0.25) is 4.79 Å². The molecule has 76 valence electrons. The third-order valence-electron chi connectivity index (χ3n) is 1.78. The minimum Gasteiger partial charge on any atom is -0.294 e. The maximum atomic E-state index is 11.7. The maximum Gasteiger partial charge on any atom is 0.164 e. The van der Waals surface area contributed by atoms with Crippen molar-refractivity contribution in [1.29, 1.82) is 0 Å². The summed E-state index contributed by atoms with van der Waals surface area (Å²) in [6, 6.07) is 5.99. The predicted molar refractivity (Wildman–Crippen MR) is 73.7 cm³/mol. The van der Waals surface area contributed by atoms with Crippen LogP contribution < -0.4 is 0 Å². The van der Waals surface area contributed by atoms with Crippen LogP contribution in [0.15, 0.2) is 23.1 Å². The second-order valence-electron chi connectivity index (χ2n) is 2.71. The molecule has 0 atom stereocenters. The Balaban J connectivity index is 3.03. The fourth-order valence-corrected chi connectivity index (χ4v) is 2.57. The topological polar surface area (TPSA) is 17.1 Å². The molecule has 1 nitrogen and oxygen atoms in total. The molecular formula is C10H10BrIOS. The van der Waals surface area contributed by atoms with Gasteiger partial charge in [-0.05, 0) is 47.0 Å². The summed E-state index contributed by atoms with van der Waals surface area (Å²) in [5, 5.41) is 0.727. The van der Waals surface area contributed by atoms with E-state index >= 15 is 0 Å². The van der Waals surface area contributed by atoms with E-state index in [0.717, 1.165) is 19.4 Å². The van der Waals surface area contributed by atoms with Crippen LogP contribution >= 0.6 is 50.3 Å². The number of carbonyl (C=O) groups excluding carboxylic acids is 1. The van der Waals surface area contributed by atoms with Crippen LogP contribution in [-0.4, -0.2) is 17.4 Å². The van der Waals surface area contributed by atoms with E-state index in [-0.39, 0.29) is 5.78 Å². The van der Waals surface area contributed by atoms with Crippen LogP contribution in [0.5, 0.6) is 0 Å². The average Bonchev–Trinajstić information content (AvgIpc) is 2.18. The first-order valence-electron chi connectivity index (χ1n) is 4.11. The van der Waals surface area contributed by atoms with Gasteiger partial charge in [0.25, 0.3) is 0 Å². The molecule has 0 aliphatic carbocycles. The zero-order valence-electron chi connectivity index (χ0n) is 7.72. The van der Waals surface area contributed by atoms with Crippen LogP contribution in [0.1, 0.15) is 16.8 Å². The van der Waals surface area contributed by atoms with Crippen molar-refractivity contribution in [1.82, 2.24) is 0 Å². The van der Waals surface area contributed by atoms with Gasteiger partial charge in [0.15, 0.2) is 5.78 Å². The summed E-state index contributed by atoms with van der Waals surface area (Å²) in [6.07, 6.45) is 2.56. The van der Waals surface area contributed by atoms with Crippen molar-refractivity contribution < 1.29 is 4.79 Å². The molecule has 0 spiro atoms. The highest BCUT2D eigenvalue weighted by molar-refractivity contribution is 14.1. The van der Waals surface area contributed by atoms with Gasteiger partial charge in [-0.2, -0.15) is 0 Å². The molecule has 0 heterocycles. The zero-order valence-corrected chi connectivity index (χ0v) is 12.3. The van der Waals surface area contributed by atoms with E-state index in [9.17, 15) is 4.79 Å². The van der Waals surface area contributed by atoms with Crippen molar-refractivity contribution in [2.45, 2.75) is 11.3 Å². The van der Waals surface area contributed by atoms with E-state index in [1.807, 2.05) is 24.5 Å². The van der Waals surface area contributed by atoms with Crippen LogP contribution in [0.3, 0.4) is 0 Å². The lowest BCUT2D eigenvalue weighted by molar-refractivity contribution is 0.0987. The maximum absolute atomic E-state index is 11.7. The standard InChI is InChI=1S/C10H10BrIOS/c1-14-10-3-2-7(12)6-8(10)9(13)4-5-11/h2-3,6H,4-5H2,1H3. The molecular weight excluding hydrogens is 375 g/mol. The molecule has 0 aliphatic rings. The number of ketones is 1. The molecule has 1 rings (SSSR count). The van der Waals surface area contributed by atoms with Gasteiger partial charge >= 0.3 is 0 Å². The molecule has 0 aromatic heterocycles. The van der Waals surface area contributed by atoms with Crippen LogP contribution in [0.4, 0.5) is 0 Å². The van der Waals surface area contributed by atoms with Crippen LogP contribution in [-0.2, 0) is 0 Å². The van der Waals surface area contributed by atoms with Crippen LogP contribution in [0.2, 0.25) is 0 Å². The Morgan fingerprint density at radius 2 is 2.29 bits per heavy atom. The Bertz CT molecular complexity index is 341. The average molecular weight is 385 g/mol. The van der Waals surface area contributed by atoms with E-state index in [0.29, 0.717) is 6.42 Å². The smallest absolute Gasteiger partial charge is 0.164 e. The van der Waals surface area contributed by atoms with Crippen molar-refractivity contribution in [3.63, 3.8) is 0 Å². The third kappa shape index (κ3) is 3.24. The lowest BCUT2D eigenvalue weighted by Crippen LogP contribution is -2.01. The second-order valence-corrected chi connectivity index (χ2v) is 5.59. The summed E-state index contributed by atoms with van der Waals surface area (Å²) in [7, 11) is 0. The summed E-state index contributed by atoms with van der Waals surface area (Å²) in [5.74, 6) is 0.213. The Labute approximate surface area is 110 Å². The third-order valence-corrected chi connectivity index (χ3v) is 3.65. The van der Waals surface area contributed by atoms with Gasteiger partial charge in [-0.1, -0.05) is 15.9 Å². The molecule has 14 heavy (non-hydrogen) atoms. The van der Waals surface area contributed by atoms with Gasteiger partial charge < -0.3 is 0 Å². The fraction of sp³-hybridized carbons (Fsp3) is 0.300. The molecule has 0 fully saturated rings. The Hall–Kier alpha value is 0.450. The summed E-state index contributed by atoms with van der Waals surface area (Å²) < 4.78 is 1.11. The SMILES string of the molecule is CSc1ccc(I)cc1C(=O)CCBr. The van der Waals surface area contributed by atoms with Gasteiger partial charge in [-0.25, -0.2) is 0 Å². The molecule has 0 bridgehead atoms. The summed E-state index contributed by atoms with van der Waals surface area (Å²) in [6.45, 7) is 0. The van der Waals surface area contributed by atoms with Gasteiger partial charge in [0.05, 0.1) is 0 Å². The number of carbonyl (C=O) groups is 1. The van der Waals surface area contributed by atoms with Crippen LogP contribution in [0.25, 0.3) is 0 Å². The van der Waals surface area contributed by atoms with E-state index in [4.69, 9.17) is 0 Å². The lowest BCUT2D eigenvalue weighted by Gasteiger charge is -2.05. The zero-order chi connectivity index (χ0) is 10.6. The molecule has 0 radical (unpaired) electrons. The number of hydrogen-bond donors (Lipinski definition) is 0. The van der Waals surface area contributed by atoms with E-state index in [1.54, 1.807) is 11.8 Å². The molecule has 0 amide bonds. The number of halogens is 2. The first kappa shape index (κ1) is 12.5. The highest BCUT2D eigenvalue weighted by atomic mass is 127. The number of rotatable bonds is 4. The first-order valence-corrected chi connectivity index (χ1v) is 7.54. The van der Waals surface area contributed by atoms with E-state index in [2.05, 4.69) is 38.5 Å². The molecule has 0 saturated heterocycles. The Kier molecular flexibility index (Phi) is 5.48.